The van der Waals surface area contributed by atoms with Crippen molar-refractivity contribution in [3.05, 3.63) is 107 Å². The number of nitrogens with zero attached hydrogens (tertiary/aromatic N) is 2. The average Bonchev–Trinajstić information content (AvgIpc) is 3.54. The molecule has 0 unspecified atom stereocenters. The summed E-state index contributed by atoms with van der Waals surface area (Å²) in [5, 5.41) is 1.99. The van der Waals surface area contributed by atoms with Crippen molar-refractivity contribution >= 4 is 34.5 Å². The monoisotopic (exact) mass is 456 g/mol. The van der Waals surface area contributed by atoms with Crippen LogP contribution in [-0.2, 0) is 11.2 Å². The molecular weight excluding hydrogens is 432 g/mol. The minimum absolute atomic E-state index is 0.0430. The van der Waals surface area contributed by atoms with E-state index in [4.69, 9.17) is 4.42 Å². The number of para-hydroxylation sites is 2. The fourth-order valence-corrected chi connectivity index (χ4v) is 5.28. The van der Waals surface area contributed by atoms with Gasteiger partial charge in [0.2, 0.25) is 5.91 Å². The summed E-state index contributed by atoms with van der Waals surface area (Å²) < 4.78 is 5.40. The SMILES string of the molecule is C[C@H]1C[C@H](N(C(=O)Cc2cccs2)c2ccccc2)c2ccccc2N1C(=O)c1ccco1. The predicted molar refractivity (Wildman–Crippen MR) is 131 cm³/mol. The van der Waals surface area contributed by atoms with Crippen LogP contribution < -0.4 is 9.80 Å². The molecule has 2 aromatic heterocycles. The molecule has 0 fully saturated rings. The predicted octanol–water partition coefficient (Wildman–Crippen LogP) is 6.10. The lowest BCUT2D eigenvalue weighted by Crippen LogP contribution is -2.48. The number of carbonyl (C=O) groups excluding carboxylic acids is 2. The smallest absolute Gasteiger partial charge is 0.294 e. The topological polar surface area (TPSA) is 53.8 Å². The molecule has 0 aliphatic carbocycles. The molecule has 3 heterocycles. The Bertz CT molecular complexity index is 1240. The van der Waals surface area contributed by atoms with Crippen molar-refractivity contribution in [2.45, 2.75) is 31.8 Å². The summed E-state index contributed by atoms with van der Waals surface area (Å²) in [5.41, 5.74) is 2.63. The highest BCUT2D eigenvalue weighted by molar-refractivity contribution is 7.10. The van der Waals surface area contributed by atoms with Gasteiger partial charge in [0.15, 0.2) is 5.76 Å². The van der Waals surface area contributed by atoms with E-state index in [0.717, 1.165) is 21.8 Å². The van der Waals surface area contributed by atoms with E-state index in [1.54, 1.807) is 28.4 Å². The zero-order valence-corrected chi connectivity index (χ0v) is 19.1. The fraction of sp³-hybridized carbons (Fsp3) is 0.185. The van der Waals surface area contributed by atoms with Crippen LogP contribution in [-0.4, -0.2) is 17.9 Å². The Labute approximate surface area is 196 Å². The number of carbonyl (C=O) groups is 2. The van der Waals surface area contributed by atoms with Crippen molar-refractivity contribution in [2.75, 3.05) is 9.80 Å². The maximum absolute atomic E-state index is 13.7. The van der Waals surface area contributed by atoms with Crippen LogP contribution in [0.5, 0.6) is 0 Å². The maximum atomic E-state index is 13.7. The summed E-state index contributed by atoms with van der Waals surface area (Å²) >= 11 is 1.59. The highest BCUT2D eigenvalue weighted by Gasteiger charge is 2.39. The number of furan rings is 1. The Kier molecular flexibility index (Phi) is 5.84. The molecule has 5 rings (SSSR count). The molecular formula is C27H24N2O3S. The van der Waals surface area contributed by atoms with E-state index in [2.05, 4.69) is 0 Å². The minimum atomic E-state index is -0.188. The lowest BCUT2D eigenvalue weighted by atomic mass is 9.89. The number of benzene rings is 2. The van der Waals surface area contributed by atoms with Gasteiger partial charge in [-0.25, -0.2) is 0 Å². The molecule has 6 heteroatoms. The number of amides is 2. The molecule has 0 bridgehead atoms. The molecule has 0 radical (unpaired) electrons. The van der Waals surface area contributed by atoms with Gasteiger partial charge in [0.1, 0.15) is 0 Å². The number of thiophene rings is 1. The van der Waals surface area contributed by atoms with Crippen molar-refractivity contribution in [3.63, 3.8) is 0 Å². The van der Waals surface area contributed by atoms with E-state index < -0.39 is 0 Å². The normalized spacial score (nSPS) is 17.4. The van der Waals surface area contributed by atoms with Crippen molar-refractivity contribution < 1.29 is 14.0 Å². The van der Waals surface area contributed by atoms with E-state index in [1.165, 1.54) is 6.26 Å². The van der Waals surface area contributed by atoms with Crippen LogP contribution in [0.4, 0.5) is 11.4 Å². The molecule has 0 spiro atoms. The van der Waals surface area contributed by atoms with Gasteiger partial charge in [-0.1, -0.05) is 42.5 Å². The Morgan fingerprint density at radius 2 is 1.79 bits per heavy atom. The summed E-state index contributed by atoms with van der Waals surface area (Å²) in [6.07, 6.45) is 2.47. The standard InChI is InChI=1S/C27H24N2O3S/c1-19-17-24(22-12-5-6-13-23(22)28(19)27(31)25-14-7-15-32-25)29(20-9-3-2-4-10-20)26(30)18-21-11-8-16-33-21/h2-16,19,24H,17-18H2,1H3/t19-,24-/m0/s1. The van der Waals surface area contributed by atoms with Gasteiger partial charge < -0.3 is 14.2 Å². The van der Waals surface area contributed by atoms with E-state index >= 15 is 0 Å². The largest absolute Gasteiger partial charge is 0.459 e. The van der Waals surface area contributed by atoms with Gasteiger partial charge in [-0.05, 0) is 60.7 Å². The molecule has 5 nitrogen and oxygen atoms in total. The van der Waals surface area contributed by atoms with Gasteiger partial charge >= 0.3 is 0 Å². The van der Waals surface area contributed by atoms with E-state index in [0.29, 0.717) is 18.6 Å². The van der Waals surface area contributed by atoms with Gasteiger partial charge in [0.25, 0.3) is 5.91 Å². The Hall–Kier alpha value is -3.64. The molecule has 166 valence electrons. The Morgan fingerprint density at radius 3 is 2.52 bits per heavy atom. The van der Waals surface area contributed by atoms with Crippen LogP contribution in [0.3, 0.4) is 0 Å². The molecule has 1 aliphatic rings. The number of anilines is 2. The van der Waals surface area contributed by atoms with Crippen LogP contribution in [0.15, 0.2) is 94.9 Å². The van der Waals surface area contributed by atoms with E-state index in [9.17, 15) is 9.59 Å². The Morgan fingerprint density at radius 1 is 1.00 bits per heavy atom. The number of rotatable bonds is 5. The van der Waals surface area contributed by atoms with Crippen molar-refractivity contribution in [2.24, 2.45) is 0 Å². The lowest BCUT2D eigenvalue weighted by molar-refractivity contribution is -0.118. The quantitative estimate of drug-likeness (QED) is 0.365. The first-order valence-corrected chi connectivity index (χ1v) is 11.9. The summed E-state index contributed by atoms with van der Waals surface area (Å²) in [4.78, 5) is 31.7. The molecule has 0 saturated carbocycles. The third kappa shape index (κ3) is 4.10. The van der Waals surface area contributed by atoms with Crippen LogP contribution >= 0.6 is 11.3 Å². The van der Waals surface area contributed by atoms with Gasteiger partial charge in [-0.15, -0.1) is 11.3 Å². The van der Waals surface area contributed by atoms with Crippen LogP contribution in [0, 0.1) is 0 Å². The van der Waals surface area contributed by atoms with E-state index in [-0.39, 0.29) is 23.9 Å². The molecule has 1 aliphatic heterocycles. The highest BCUT2D eigenvalue weighted by atomic mass is 32.1. The first-order valence-electron chi connectivity index (χ1n) is 11.0. The zero-order valence-electron chi connectivity index (χ0n) is 18.3. The summed E-state index contributed by atoms with van der Waals surface area (Å²) in [7, 11) is 0. The highest BCUT2D eigenvalue weighted by Crippen LogP contribution is 2.43. The summed E-state index contributed by atoms with van der Waals surface area (Å²) in [6.45, 7) is 2.02. The Balaban J connectivity index is 1.57. The number of hydrogen-bond acceptors (Lipinski definition) is 4. The fourth-order valence-electron chi connectivity index (χ4n) is 4.59. The lowest BCUT2D eigenvalue weighted by Gasteiger charge is -2.43. The van der Waals surface area contributed by atoms with Crippen molar-refractivity contribution in [1.29, 1.82) is 0 Å². The second-order valence-corrected chi connectivity index (χ2v) is 9.20. The molecule has 2 aromatic carbocycles. The van der Waals surface area contributed by atoms with Gasteiger partial charge in [-0.2, -0.15) is 0 Å². The maximum Gasteiger partial charge on any atom is 0.294 e. The third-order valence-electron chi connectivity index (χ3n) is 6.03. The molecule has 0 N–H and O–H groups in total. The first kappa shape index (κ1) is 21.2. The molecule has 2 amide bonds. The van der Waals surface area contributed by atoms with Gasteiger partial charge in [-0.3, -0.25) is 9.59 Å². The number of hydrogen-bond donors (Lipinski definition) is 0. The molecule has 0 saturated heterocycles. The molecule has 4 aromatic rings. The minimum Gasteiger partial charge on any atom is -0.459 e. The zero-order chi connectivity index (χ0) is 22.8. The second-order valence-electron chi connectivity index (χ2n) is 8.17. The van der Waals surface area contributed by atoms with Crippen molar-refractivity contribution in [1.82, 2.24) is 0 Å². The van der Waals surface area contributed by atoms with Gasteiger partial charge in [0.05, 0.1) is 18.7 Å². The second kappa shape index (κ2) is 9.08. The average molecular weight is 457 g/mol. The van der Waals surface area contributed by atoms with Crippen LogP contribution in [0.25, 0.3) is 0 Å². The summed E-state index contributed by atoms with van der Waals surface area (Å²) in [6, 6.07) is 24.7. The first-order chi connectivity index (χ1) is 16.1. The molecule has 2 atom stereocenters. The van der Waals surface area contributed by atoms with Gasteiger partial charge in [0, 0.05) is 22.3 Å². The van der Waals surface area contributed by atoms with Crippen LogP contribution in [0.1, 0.15) is 40.4 Å². The van der Waals surface area contributed by atoms with Crippen molar-refractivity contribution in [3.8, 4) is 0 Å². The summed E-state index contributed by atoms with van der Waals surface area (Å²) in [5.74, 6) is 0.180. The van der Waals surface area contributed by atoms with Crippen LogP contribution in [0.2, 0.25) is 0 Å². The third-order valence-corrected chi connectivity index (χ3v) is 6.91. The van der Waals surface area contributed by atoms with E-state index in [1.807, 2.05) is 83.9 Å². The molecule has 33 heavy (non-hydrogen) atoms. The number of fused-ring (bicyclic) bond motifs is 1.